The molecule has 8 nitrogen and oxygen atoms in total. The van der Waals surface area contributed by atoms with Gasteiger partial charge in [0.25, 0.3) is 11.5 Å². The minimum Gasteiger partial charge on any atom is -0.493 e. The Bertz CT molecular complexity index is 1610. The van der Waals surface area contributed by atoms with Crippen LogP contribution in [0.15, 0.2) is 71.8 Å². The first kappa shape index (κ1) is 27.0. The standard InChI is InChI=1S/C25H18Br3FN4O4/c1-13-31-18-8-7-15(26)10-16(18)25(35)33(13)30-11-14-9-20(36-2)24(23(28)22(14)27)37-12-21(34)32-19-6-4-3-5-17(19)29/h3-11H,12H2,1-2H3,(H,32,34). The van der Waals surface area contributed by atoms with E-state index in [2.05, 4.69) is 63.2 Å². The Labute approximate surface area is 235 Å². The number of para-hydroxylation sites is 1. The van der Waals surface area contributed by atoms with E-state index in [9.17, 15) is 14.0 Å². The number of hydrogen-bond acceptors (Lipinski definition) is 6. The van der Waals surface area contributed by atoms with Crippen LogP contribution >= 0.6 is 47.8 Å². The molecular weight excluding hydrogens is 679 g/mol. The number of nitrogens with zero attached hydrogens (tertiary/aromatic N) is 3. The van der Waals surface area contributed by atoms with Crippen molar-refractivity contribution in [1.29, 1.82) is 0 Å². The van der Waals surface area contributed by atoms with E-state index in [4.69, 9.17) is 9.47 Å². The van der Waals surface area contributed by atoms with Gasteiger partial charge in [0.05, 0.1) is 34.4 Å². The van der Waals surface area contributed by atoms with Gasteiger partial charge in [-0.1, -0.05) is 28.1 Å². The normalized spacial score (nSPS) is 11.2. The molecule has 190 valence electrons. The average Bonchev–Trinajstić information content (AvgIpc) is 2.87. The quantitative estimate of drug-likeness (QED) is 0.238. The molecule has 0 fully saturated rings. The first-order chi connectivity index (χ1) is 17.7. The van der Waals surface area contributed by atoms with Crippen molar-refractivity contribution in [2.24, 2.45) is 5.10 Å². The molecule has 0 atom stereocenters. The maximum Gasteiger partial charge on any atom is 0.282 e. The highest BCUT2D eigenvalue weighted by molar-refractivity contribution is 9.13. The molecule has 1 amide bonds. The molecule has 4 aromatic rings. The molecule has 3 aromatic carbocycles. The van der Waals surface area contributed by atoms with Crippen molar-refractivity contribution in [2.75, 3.05) is 19.0 Å². The van der Waals surface area contributed by atoms with Gasteiger partial charge in [-0.05, 0) is 75.2 Å². The number of rotatable bonds is 7. The average molecular weight is 697 g/mol. The summed E-state index contributed by atoms with van der Waals surface area (Å²) < 4.78 is 27.9. The van der Waals surface area contributed by atoms with Crippen molar-refractivity contribution in [3.8, 4) is 11.5 Å². The molecular formula is C25H18Br3FN4O4. The topological polar surface area (TPSA) is 94.8 Å². The smallest absolute Gasteiger partial charge is 0.282 e. The summed E-state index contributed by atoms with van der Waals surface area (Å²) in [7, 11) is 1.45. The second-order valence-corrected chi connectivity index (χ2v) is 10.1. The number of nitrogens with one attached hydrogen (secondary N) is 1. The van der Waals surface area contributed by atoms with Crippen molar-refractivity contribution in [3.05, 3.63) is 89.5 Å². The zero-order chi connectivity index (χ0) is 26.7. The Hall–Kier alpha value is -3.09. The van der Waals surface area contributed by atoms with E-state index in [-0.39, 0.29) is 17.0 Å². The van der Waals surface area contributed by atoms with E-state index in [1.807, 2.05) is 6.07 Å². The molecule has 0 aliphatic heterocycles. The van der Waals surface area contributed by atoms with Gasteiger partial charge in [-0.25, -0.2) is 9.37 Å². The summed E-state index contributed by atoms with van der Waals surface area (Å²) in [6, 6.07) is 12.7. The lowest BCUT2D eigenvalue weighted by molar-refractivity contribution is -0.118. The van der Waals surface area contributed by atoms with Crippen LogP contribution in [0, 0.1) is 12.7 Å². The summed E-state index contributed by atoms with van der Waals surface area (Å²) >= 11 is 10.3. The van der Waals surface area contributed by atoms with E-state index in [1.54, 1.807) is 31.2 Å². The Balaban J connectivity index is 1.60. The number of carbonyl (C=O) groups excluding carboxylic acids is 1. The number of amides is 1. The van der Waals surface area contributed by atoms with E-state index >= 15 is 0 Å². The highest BCUT2D eigenvalue weighted by Crippen LogP contribution is 2.42. The molecule has 0 bridgehead atoms. The molecule has 12 heteroatoms. The molecule has 0 aliphatic rings. The first-order valence-corrected chi connectivity index (χ1v) is 13.0. The monoisotopic (exact) mass is 694 g/mol. The molecule has 37 heavy (non-hydrogen) atoms. The predicted molar refractivity (Wildman–Crippen MR) is 150 cm³/mol. The number of aryl methyl sites for hydroxylation is 1. The van der Waals surface area contributed by atoms with E-state index in [0.717, 1.165) is 4.47 Å². The van der Waals surface area contributed by atoms with Crippen LogP contribution in [0.2, 0.25) is 0 Å². The van der Waals surface area contributed by atoms with Gasteiger partial charge in [0.1, 0.15) is 11.6 Å². The number of fused-ring (bicyclic) bond motifs is 1. The van der Waals surface area contributed by atoms with E-state index in [1.165, 1.54) is 36.2 Å². The maximum atomic E-state index is 13.8. The Morgan fingerprint density at radius 3 is 2.65 bits per heavy atom. The molecule has 0 saturated heterocycles. The lowest BCUT2D eigenvalue weighted by Gasteiger charge is -2.15. The fourth-order valence-electron chi connectivity index (χ4n) is 3.39. The third-order valence-corrected chi connectivity index (χ3v) is 7.79. The van der Waals surface area contributed by atoms with Gasteiger partial charge in [-0.15, -0.1) is 0 Å². The number of ether oxygens (including phenoxy) is 2. The fourth-order valence-corrected chi connectivity index (χ4v) is 4.68. The number of carbonyl (C=O) groups is 1. The SMILES string of the molecule is COc1cc(C=Nn2c(C)nc3ccc(Br)cc3c2=O)c(Br)c(Br)c1OCC(=O)Nc1ccccc1F. The lowest BCUT2D eigenvalue weighted by Crippen LogP contribution is -2.21. The number of anilines is 1. The van der Waals surface area contributed by atoms with Crippen LogP contribution in [-0.2, 0) is 4.79 Å². The van der Waals surface area contributed by atoms with E-state index < -0.39 is 18.3 Å². The van der Waals surface area contributed by atoms with Crippen molar-refractivity contribution < 1.29 is 18.7 Å². The van der Waals surface area contributed by atoms with Crippen LogP contribution in [0.4, 0.5) is 10.1 Å². The molecule has 0 unspecified atom stereocenters. The first-order valence-electron chi connectivity index (χ1n) is 10.7. The highest BCUT2D eigenvalue weighted by atomic mass is 79.9. The fraction of sp³-hybridized carbons (Fsp3) is 0.120. The summed E-state index contributed by atoms with van der Waals surface area (Å²) in [6.45, 7) is 1.30. The molecule has 0 aliphatic carbocycles. The van der Waals surface area contributed by atoms with Crippen molar-refractivity contribution in [1.82, 2.24) is 9.66 Å². The number of aromatic nitrogens is 2. The van der Waals surface area contributed by atoms with Crippen LogP contribution < -0.4 is 20.3 Å². The third kappa shape index (κ3) is 5.91. The van der Waals surface area contributed by atoms with Crippen molar-refractivity contribution in [2.45, 2.75) is 6.92 Å². The van der Waals surface area contributed by atoms with Crippen LogP contribution in [0.25, 0.3) is 10.9 Å². The summed E-state index contributed by atoms with van der Waals surface area (Å²) in [5, 5.41) is 7.23. The summed E-state index contributed by atoms with van der Waals surface area (Å²) in [6.07, 6.45) is 1.48. The second kappa shape index (κ2) is 11.5. The number of benzene rings is 3. The van der Waals surface area contributed by atoms with Gasteiger partial charge in [-0.2, -0.15) is 9.78 Å². The molecule has 0 spiro atoms. The minimum atomic E-state index is -0.551. The second-order valence-electron chi connectivity index (χ2n) is 7.62. The number of hydrogen-bond donors (Lipinski definition) is 1. The van der Waals surface area contributed by atoms with Gasteiger partial charge in [0.15, 0.2) is 18.1 Å². The van der Waals surface area contributed by atoms with Gasteiger partial charge in [0.2, 0.25) is 0 Å². The number of halogens is 4. The largest absolute Gasteiger partial charge is 0.493 e. The Morgan fingerprint density at radius 1 is 1.16 bits per heavy atom. The van der Waals surface area contributed by atoms with Crippen LogP contribution in [0.5, 0.6) is 11.5 Å². The summed E-state index contributed by atoms with van der Waals surface area (Å²) in [5.74, 6) is -0.129. The maximum absolute atomic E-state index is 13.8. The lowest BCUT2D eigenvalue weighted by atomic mass is 10.2. The molecule has 1 aromatic heterocycles. The van der Waals surface area contributed by atoms with Gasteiger partial charge in [0, 0.05) is 14.5 Å². The van der Waals surface area contributed by atoms with Crippen LogP contribution in [0.3, 0.4) is 0 Å². The van der Waals surface area contributed by atoms with Crippen molar-refractivity contribution >= 4 is 76.5 Å². The minimum absolute atomic E-state index is 0.0518. The zero-order valence-corrected chi connectivity index (χ0v) is 24.1. The van der Waals surface area contributed by atoms with Crippen LogP contribution in [-0.4, -0.2) is 35.5 Å². The third-order valence-electron chi connectivity index (χ3n) is 5.15. The Kier molecular flexibility index (Phi) is 8.40. The zero-order valence-electron chi connectivity index (χ0n) is 19.4. The van der Waals surface area contributed by atoms with Gasteiger partial charge < -0.3 is 14.8 Å². The molecule has 0 saturated carbocycles. The van der Waals surface area contributed by atoms with Crippen molar-refractivity contribution in [3.63, 3.8) is 0 Å². The van der Waals surface area contributed by atoms with E-state index in [0.29, 0.717) is 37.0 Å². The number of methoxy groups -OCH3 is 1. The van der Waals surface area contributed by atoms with Gasteiger partial charge in [-0.3, -0.25) is 9.59 Å². The Morgan fingerprint density at radius 2 is 1.92 bits per heavy atom. The summed E-state index contributed by atoms with van der Waals surface area (Å²) in [5.41, 5.74) is 0.870. The molecule has 4 rings (SSSR count). The van der Waals surface area contributed by atoms with Gasteiger partial charge >= 0.3 is 0 Å². The molecule has 0 radical (unpaired) electrons. The molecule has 1 heterocycles. The highest BCUT2D eigenvalue weighted by Gasteiger charge is 2.18. The van der Waals surface area contributed by atoms with Crippen LogP contribution in [0.1, 0.15) is 11.4 Å². The predicted octanol–water partition coefficient (Wildman–Crippen LogP) is 6.04. The summed E-state index contributed by atoms with van der Waals surface area (Å²) in [4.78, 5) is 29.8. The molecule has 1 N–H and O–H groups in total.